The summed E-state index contributed by atoms with van der Waals surface area (Å²) in [6, 6.07) is 12.0. The molecule has 1 saturated heterocycles. The third kappa shape index (κ3) is 3.62. The standard InChI is InChI=1S/C17H18N2O6S2/c1-12-11-26(21,22)19(17(12)20)14-8-9-15(25-2)16(10-14)27(23,24)18-13-6-4-3-5-7-13/h3-10,12,18H,11H2,1-2H3/t12-/m0/s1. The normalized spacial score (nSPS) is 19.1. The first-order valence-corrected chi connectivity index (χ1v) is 11.1. The first-order valence-electron chi connectivity index (χ1n) is 7.98. The Balaban J connectivity index is 2.08. The molecule has 3 rings (SSSR count). The van der Waals surface area contributed by atoms with Gasteiger partial charge < -0.3 is 4.74 Å². The number of ether oxygens (including phenoxy) is 1. The summed E-state index contributed by atoms with van der Waals surface area (Å²) in [7, 11) is -6.63. The summed E-state index contributed by atoms with van der Waals surface area (Å²) in [5, 5.41) is 0. The molecule has 0 aromatic heterocycles. The molecule has 0 saturated carbocycles. The Labute approximate surface area is 157 Å². The molecule has 0 bridgehead atoms. The van der Waals surface area contributed by atoms with Crippen LogP contribution in [0.1, 0.15) is 6.92 Å². The van der Waals surface area contributed by atoms with Gasteiger partial charge in [-0.05, 0) is 30.3 Å². The van der Waals surface area contributed by atoms with Crippen molar-refractivity contribution in [1.29, 1.82) is 0 Å². The molecule has 0 spiro atoms. The van der Waals surface area contributed by atoms with Crippen molar-refractivity contribution in [2.45, 2.75) is 11.8 Å². The van der Waals surface area contributed by atoms with Crippen LogP contribution in [0.5, 0.6) is 5.75 Å². The molecule has 1 heterocycles. The van der Waals surface area contributed by atoms with Gasteiger partial charge in [0.25, 0.3) is 10.0 Å². The lowest BCUT2D eigenvalue weighted by atomic mass is 10.2. The maximum Gasteiger partial charge on any atom is 0.265 e. The van der Waals surface area contributed by atoms with E-state index in [0.29, 0.717) is 9.99 Å². The second-order valence-corrected chi connectivity index (χ2v) is 9.60. The van der Waals surface area contributed by atoms with E-state index in [2.05, 4.69) is 4.72 Å². The van der Waals surface area contributed by atoms with E-state index >= 15 is 0 Å². The SMILES string of the molecule is COc1ccc(N2C(=O)[C@@H](C)CS2(=O)=O)cc1S(=O)(=O)Nc1ccccc1. The summed E-state index contributed by atoms with van der Waals surface area (Å²) in [5.41, 5.74) is 0.294. The molecule has 1 N–H and O–H groups in total. The van der Waals surface area contributed by atoms with Crippen LogP contribution in [0.4, 0.5) is 11.4 Å². The minimum Gasteiger partial charge on any atom is -0.495 e. The van der Waals surface area contributed by atoms with Crippen LogP contribution in [-0.4, -0.2) is 35.6 Å². The Morgan fingerprint density at radius 1 is 1.15 bits per heavy atom. The van der Waals surface area contributed by atoms with Gasteiger partial charge >= 0.3 is 0 Å². The number of carbonyl (C=O) groups excluding carboxylic acids is 1. The van der Waals surface area contributed by atoms with E-state index in [1.54, 1.807) is 30.3 Å². The molecule has 1 atom stereocenters. The zero-order chi connectivity index (χ0) is 19.8. The number of hydrogen-bond acceptors (Lipinski definition) is 6. The van der Waals surface area contributed by atoms with Gasteiger partial charge in [-0.25, -0.2) is 21.1 Å². The molecule has 2 aromatic rings. The van der Waals surface area contributed by atoms with E-state index in [4.69, 9.17) is 4.74 Å². The van der Waals surface area contributed by atoms with Gasteiger partial charge in [0.15, 0.2) is 0 Å². The molecule has 27 heavy (non-hydrogen) atoms. The van der Waals surface area contributed by atoms with Crippen molar-refractivity contribution in [3.05, 3.63) is 48.5 Å². The van der Waals surface area contributed by atoms with E-state index < -0.39 is 31.9 Å². The molecule has 1 aliphatic heterocycles. The fourth-order valence-electron chi connectivity index (χ4n) is 2.80. The van der Waals surface area contributed by atoms with E-state index in [1.807, 2.05) is 0 Å². The van der Waals surface area contributed by atoms with Crippen molar-refractivity contribution in [2.24, 2.45) is 5.92 Å². The minimum atomic E-state index is -4.08. The quantitative estimate of drug-likeness (QED) is 0.805. The van der Waals surface area contributed by atoms with Crippen molar-refractivity contribution in [3.63, 3.8) is 0 Å². The number of anilines is 2. The molecule has 144 valence electrons. The minimum absolute atomic E-state index is 0.0271. The number of para-hydroxylation sites is 1. The molecule has 0 unspecified atom stereocenters. The lowest BCUT2D eigenvalue weighted by molar-refractivity contribution is -0.119. The van der Waals surface area contributed by atoms with Crippen LogP contribution in [0.2, 0.25) is 0 Å². The first kappa shape index (κ1) is 19.2. The monoisotopic (exact) mass is 410 g/mol. The van der Waals surface area contributed by atoms with E-state index in [0.717, 1.165) is 6.07 Å². The highest BCUT2D eigenvalue weighted by molar-refractivity contribution is 7.94. The van der Waals surface area contributed by atoms with E-state index in [-0.39, 0.29) is 22.1 Å². The van der Waals surface area contributed by atoms with Crippen molar-refractivity contribution in [2.75, 3.05) is 21.9 Å². The number of hydrogen-bond donors (Lipinski definition) is 1. The molecule has 8 nitrogen and oxygen atoms in total. The van der Waals surface area contributed by atoms with Gasteiger partial charge in [0.2, 0.25) is 15.9 Å². The summed E-state index contributed by atoms with van der Waals surface area (Å²) in [6.07, 6.45) is 0. The van der Waals surface area contributed by atoms with Gasteiger partial charge in [-0.3, -0.25) is 9.52 Å². The lowest BCUT2D eigenvalue weighted by Crippen LogP contribution is -2.30. The van der Waals surface area contributed by atoms with Gasteiger partial charge in [0.1, 0.15) is 10.6 Å². The Hall–Kier alpha value is -2.59. The average Bonchev–Trinajstić information content (AvgIpc) is 2.82. The van der Waals surface area contributed by atoms with E-state index in [9.17, 15) is 21.6 Å². The van der Waals surface area contributed by atoms with Gasteiger partial charge in [-0.2, -0.15) is 0 Å². The molecular formula is C17H18N2O6S2. The van der Waals surface area contributed by atoms with Crippen LogP contribution in [-0.2, 0) is 24.8 Å². The molecule has 10 heteroatoms. The van der Waals surface area contributed by atoms with Crippen molar-refractivity contribution in [3.8, 4) is 5.75 Å². The Morgan fingerprint density at radius 2 is 1.81 bits per heavy atom. The smallest absolute Gasteiger partial charge is 0.265 e. The van der Waals surface area contributed by atoms with Crippen LogP contribution in [0.15, 0.2) is 53.4 Å². The number of benzene rings is 2. The fourth-order valence-corrected chi connectivity index (χ4v) is 5.87. The largest absolute Gasteiger partial charge is 0.495 e. The summed E-state index contributed by atoms with van der Waals surface area (Å²) >= 11 is 0. The average molecular weight is 410 g/mol. The predicted octanol–water partition coefficient (Wildman–Crippen LogP) is 1.81. The number of nitrogens with one attached hydrogen (secondary N) is 1. The fraction of sp³-hybridized carbons (Fsp3) is 0.235. The highest BCUT2D eigenvalue weighted by atomic mass is 32.2. The zero-order valence-corrected chi connectivity index (χ0v) is 16.2. The highest BCUT2D eigenvalue weighted by Gasteiger charge is 2.42. The molecule has 0 radical (unpaired) electrons. The topological polar surface area (TPSA) is 110 Å². The number of nitrogens with zero attached hydrogens (tertiary/aromatic N) is 1. The Morgan fingerprint density at radius 3 is 2.37 bits per heavy atom. The van der Waals surface area contributed by atoms with Crippen LogP contribution < -0.4 is 13.8 Å². The van der Waals surface area contributed by atoms with Crippen molar-refractivity contribution in [1.82, 2.24) is 0 Å². The lowest BCUT2D eigenvalue weighted by Gasteiger charge is -2.18. The van der Waals surface area contributed by atoms with Crippen LogP contribution in [0.25, 0.3) is 0 Å². The van der Waals surface area contributed by atoms with Crippen molar-refractivity contribution >= 4 is 37.3 Å². The number of methoxy groups -OCH3 is 1. The predicted molar refractivity (Wildman–Crippen MR) is 101 cm³/mol. The molecule has 1 amide bonds. The Bertz CT molecular complexity index is 1080. The molecule has 0 aliphatic carbocycles. The molecule has 2 aromatic carbocycles. The third-order valence-corrected chi connectivity index (χ3v) is 7.33. The summed E-state index contributed by atoms with van der Waals surface area (Å²) < 4.78 is 58.4. The Kier molecular flexibility index (Phi) is 4.87. The molecule has 1 aliphatic rings. The maximum atomic E-state index is 12.8. The van der Waals surface area contributed by atoms with Gasteiger partial charge in [-0.15, -0.1) is 0 Å². The number of carbonyl (C=O) groups is 1. The summed E-state index contributed by atoms with van der Waals surface area (Å²) in [4.78, 5) is 12.0. The number of amides is 1. The van der Waals surface area contributed by atoms with Crippen LogP contribution >= 0.6 is 0 Å². The first-order chi connectivity index (χ1) is 12.7. The zero-order valence-electron chi connectivity index (χ0n) is 14.6. The second kappa shape index (κ2) is 6.86. The van der Waals surface area contributed by atoms with Crippen molar-refractivity contribution < 1.29 is 26.4 Å². The number of sulfonamides is 2. The molecule has 1 fully saturated rings. The summed E-state index contributed by atoms with van der Waals surface area (Å²) in [6.45, 7) is 1.51. The summed E-state index contributed by atoms with van der Waals surface area (Å²) in [5.74, 6) is -1.58. The maximum absolute atomic E-state index is 12.8. The second-order valence-electron chi connectivity index (χ2n) is 6.09. The van der Waals surface area contributed by atoms with Gasteiger partial charge in [0.05, 0.1) is 24.5 Å². The molecular weight excluding hydrogens is 392 g/mol. The number of rotatable bonds is 5. The van der Waals surface area contributed by atoms with Crippen LogP contribution in [0, 0.1) is 5.92 Å². The highest BCUT2D eigenvalue weighted by Crippen LogP contribution is 2.34. The van der Waals surface area contributed by atoms with E-state index in [1.165, 1.54) is 26.2 Å². The third-order valence-electron chi connectivity index (χ3n) is 4.06. The van der Waals surface area contributed by atoms with Gasteiger partial charge in [0, 0.05) is 5.69 Å². The van der Waals surface area contributed by atoms with Gasteiger partial charge in [-0.1, -0.05) is 25.1 Å². The van der Waals surface area contributed by atoms with Crippen LogP contribution in [0.3, 0.4) is 0 Å².